The Morgan fingerprint density at radius 2 is 2.00 bits per heavy atom. The molecule has 132 valence electrons. The minimum absolute atomic E-state index is 0.0261. The van der Waals surface area contributed by atoms with Crippen LogP contribution in [0.4, 0.5) is 0 Å². The molecule has 1 aliphatic heterocycles. The predicted molar refractivity (Wildman–Crippen MR) is 90.4 cm³/mol. The first-order chi connectivity index (χ1) is 11.5. The molecule has 0 aromatic heterocycles. The van der Waals surface area contributed by atoms with E-state index in [-0.39, 0.29) is 11.7 Å². The van der Waals surface area contributed by atoms with Gasteiger partial charge in [-0.3, -0.25) is 10.2 Å². The number of amidine groups is 1. The Bertz CT molecular complexity index is 612. The van der Waals surface area contributed by atoms with Crippen LogP contribution in [-0.4, -0.2) is 50.3 Å². The molecule has 0 atom stereocenters. The lowest BCUT2D eigenvalue weighted by atomic mass is 10.0. The number of carbonyl (C=O) groups excluding carboxylic acids is 1. The van der Waals surface area contributed by atoms with Crippen LogP contribution in [0.5, 0.6) is 5.75 Å². The summed E-state index contributed by atoms with van der Waals surface area (Å²) in [6, 6.07) is 3.79. The number of nitrogens with zero attached hydrogens (tertiary/aromatic N) is 1. The average molecular weight is 335 g/mol. The Hall–Kier alpha value is -2.12. The minimum Gasteiger partial charge on any atom is -0.496 e. The van der Waals surface area contributed by atoms with Gasteiger partial charge in [-0.05, 0) is 31.0 Å². The number of hydrogen-bond donors (Lipinski definition) is 2. The van der Waals surface area contributed by atoms with Gasteiger partial charge in [0.1, 0.15) is 5.75 Å². The van der Waals surface area contributed by atoms with E-state index >= 15 is 0 Å². The van der Waals surface area contributed by atoms with E-state index in [9.17, 15) is 4.79 Å². The lowest BCUT2D eigenvalue weighted by molar-refractivity contribution is -0.0923. The van der Waals surface area contributed by atoms with E-state index < -0.39 is 6.29 Å². The molecule has 0 radical (unpaired) electrons. The van der Waals surface area contributed by atoms with Gasteiger partial charge < -0.3 is 24.4 Å². The molecule has 1 amide bonds. The van der Waals surface area contributed by atoms with E-state index in [0.29, 0.717) is 37.6 Å². The monoisotopic (exact) mass is 335 g/mol. The second-order valence-electron chi connectivity index (χ2n) is 5.50. The van der Waals surface area contributed by atoms with Gasteiger partial charge in [-0.1, -0.05) is 6.07 Å². The van der Waals surface area contributed by atoms with Gasteiger partial charge in [0.25, 0.3) is 5.91 Å². The first-order valence-corrected chi connectivity index (χ1v) is 8.02. The number of hydrogen-bond acceptors (Lipinski definition) is 5. The topological polar surface area (TPSA) is 83.9 Å². The second-order valence-corrected chi connectivity index (χ2v) is 5.50. The minimum atomic E-state index is -0.691. The van der Waals surface area contributed by atoms with Crippen molar-refractivity contribution >= 4 is 11.7 Å². The van der Waals surface area contributed by atoms with Crippen LogP contribution in [0.2, 0.25) is 0 Å². The third kappa shape index (κ3) is 3.85. The SMILES string of the molecule is CCOC(OCC)C(=N)NCc1cc2c(c(OC)c1)C(=O)N(C)C2. The lowest BCUT2D eigenvalue weighted by Gasteiger charge is -2.19. The Morgan fingerprint density at radius 1 is 1.33 bits per heavy atom. The molecule has 1 aliphatic rings. The average Bonchev–Trinajstić information content (AvgIpc) is 2.86. The number of benzene rings is 1. The largest absolute Gasteiger partial charge is 0.496 e. The molecular weight excluding hydrogens is 310 g/mol. The highest BCUT2D eigenvalue weighted by molar-refractivity contribution is 6.01. The van der Waals surface area contributed by atoms with Gasteiger partial charge in [-0.2, -0.15) is 0 Å². The number of rotatable bonds is 8. The Morgan fingerprint density at radius 3 is 2.58 bits per heavy atom. The van der Waals surface area contributed by atoms with Gasteiger partial charge in [0.05, 0.1) is 12.7 Å². The molecule has 1 heterocycles. The zero-order valence-electron chi connectivity index (χ0n) is 14.6. The van der Waals surface area contributed by atoms with Gasteiger partial charge >= 0.3 is 0 Å². The molecule has 0 saturated heterocycles. The van der Waals surface area contributed by atoms with Crippen molar-refractivity contribution in [3.63, 3.8) is 0 Å². The van der Waals surface area contributed by atoms with Gasteiger partial charge in [0, 0.05) is 33.4 Å². The number of amides is 1. The summed E-state index contributed by atoms with van der Waals surface area (Å²) in [5.74, 6) is 0.713. The fourth-order valence-electron chi connectivity index (χ4n) is 2.68. The van der Waals surface area contributed by atoms with Crippen LogP contribution in [0.1, 0.15) is 35.3 Å². The van der Waals surface area contributed by atoms with Crippen molar-refractivity contribution in [3.8, 4) is 5.75 Å². The Balaban J connectivity index is 2.10. The Kier molecular flexibility index (Phi) is 6.16. The molecule has 1 aromatic carbocycles. The van der Waals surface area contributed by atoms with Crippen molar-refractivity contribution in [1.82, 2.24) is 10.2 Å². The van der Waals surface area contributed by atoms with Gasteiger partial charge in [0.15, 0.2) is 5.84 Å². The highest BCUT2D eigenvalue weighted by Crippen LogP contribution is 2.31. The molecule has 0 saturated carbocycles. The second kappa shape index (κ2) is 8.12. The number of carbonyl (C=O) groups is 1. The zero-order valence-corrected chi connectivity index (χ0v) is 14.6. The molecule has 7 heteroatoms. The van der Waals surface area contributed by atoms with Crippen molar-refractivity contribution in [2.45, 2.75) is 33.2 Å². The van der Waals surface area contributed by atoms with Crippen molar-refractivity contribution in [2.24, 2.45) is 0 Å². The predicted octanol–water partition coefficient (Wildman–Crippen LogP) is 1.75. The van der Waals surface area contributed by atoms with E-state index in [4.69, 9.17) is 19.6 Å². The maximum absolute atomic E-state index is 12.1. The molecule has 0 bridgehead atoms. The zero-order chi connectivity index (χ0) is 17.7. The van der Waals surface area contributed by atoms with Crippen molar-refractivity contribution in [3.05, 3.63) is 28.8 Å². The van der Waals surface area contributed by atoms with E-state index in [1.54, 1.807) is 19.1 Å². The van der Waals surface area contributed by atoms with Crippen LogP contribution in [0.3, 0.4) is 0 Å². The van der Waals surface area contributed by atoms with E-state index in [2.05, 4.69) is 5.32 Å². The maximum Gasteiger partial charge on any atom is 0.258 e. The van der Waals surface area contributed by atoms with Crippen molar-refractivity contribution in [2.75, 3.05) is 27.4 Å². The third-order valence-electron chi connectivity index (χ3n) is 3.79. The van der Waals surface area contributed by atoms with Gasteiger partial charge in [-0.15, -0.1) is 0 Å². The van der Waals surface area contributed by atoms with Crippen LogP contribution in [0.25, 0.3) is 0 Å². The summed E-state index contributed by atoms with van der Waals surface area (Å²) < 4.78 is 16.2. The van der Waals surface area contributed by atoms with Crippen molar-refractivity contribution < 1.29 is 19.0 Å². The van der Waals surface area contributed by atoms with Crippen LogP contribution in [-0.2, 0) is 22.6 Å². The first kappa shape index (κ1) is 18.2. The number of ether oxygens (including phenoxy) is 3. The van der Waals surface area contributed by atoms with Gasteiger partial charge in [0.2, 0.25) is 6.29 Å². The molecule has 0 unspecified atom stereocenters. The van der Waals surface area contributed by atoms with E-state index in [1.165, 1.54) is 0 Å². The summed E-state index contributed by atoms with van der Waals surface area (Å²) in [5, 5.41) is 11.1. The summed E-state index contributed by atoms with van der Waals surface area (Å²) in [5.41, 5.74) is 2.50. The van der Waals surface area contributed by atoms with E-state index in [1.807, 2.05) is 26.0 Å². The quantitative estimate of drug-likeness (QED) is 0.429. The van der Waals surface area contributed by atoms with Crippen LogP contribution in [0.15, 0.2) is 12.1 Å². The molecule has 1 aromatic rings. The molecule has 0 spiro atoms. The summed E-state index contributed by atoms with van der Waals surface area (Å²) in [7, 11) is 3.32. The number of methoxy groups -OCH3 is 1. The molecule has 24 heavy (non-hydrogen) atoms. The van der Waals surface area contributed by atoms with Crippen LogP contribution >= 0.6 is 0 Å². The summed E-state index contributed by atoms with van der Waals surface area (Å²) in [6.45, 7) is 5.65. The molecular formula is C17H25N3O4. The normalized spacial score (nSPS) is 13.4. The molecule has 2 rings (SSSR count). The highest BCUT2D eigenvalue weighted by Gasteiger charge is 2.28. The number of nitrogens with one attached hydrogen (secondary N) is 2. The summed E-state index contributed by atoms with van der Waals surface area (Å²) in [4.78, 5) is 13.8. The summed E-state index contributed by atoms with van der Waals surface area (Å²) in [6.07, 6.45) is -0.691. The highest BCUT2D eigenvalue weighted by atomic mass is 16.7. The van der Waals surface area contributed by atoms with E-state index in [0.717, 1.165) is 11.1 Å². The summed E-state index contributed by atoms with van der Waals surface area (Å²) >= 11 is 0. The molecule has 0 fully saturated rings. The number of fused-ring (bicyclic) bond motifs is 1. The molecule has 7 nitrogen and oxygen atoms in total. The van der Waals surface area contributed by atoms with Gasteiger partial charge in [-0.25, -0.2) is 0 Å². The lowest BCUT2D eigenvalue weighted by Crippen LogP contribution is -2.37. The smallest absolute Gasteiger partial charge is 0.258 e. The standard InChI is InChI=1S/C17H25N3O4/c1-5-23-17(24-6-2)15(18)19-9-11-7-12-10-20(3)16(21)14(12)13(8-11)22-4/h7-8,17H,5-6,9-10H2,1-4H3,(H2,18,19). The Labute approximate surface area is 142 Å². The fraction of sp³-hybridized carbons (Fsp3) is 0.529. The fourth-order valence-corrected chi connectivity index (χ4v) is 2.68. The first-order valence-electron chi connectivity index (χ1n) is 8.02. The third-order valence-corrected chi connectivity index (χ3v) is 3.79. The molecule has 2 N–H and O–H groups in total. The van der Waals surface area contributed by atoms with Crippen LogP contribution < -0.4 is 10.1 Å². The van der Waals surface area contributed by atoms with Crippen molar-refractivity contribution in [1.29, 1.82) is 5.41 Å². The van der Waals surface area contributed by atoms with Crippen LogP contribution in [0, 0.1) is 5.41 Å². The molecule has 0 aliphatic carbocycles. The maximum atomic E-state index is 12.1.